The number of hydrogen-bond donors (Lipinski definition) is 3. The minimum Gasteiger partial charge on any atom is -0.481 e. The van der Waals surface area contributed by atoms with Crippen molar-refractivity contribution in [3.05, 3.63) is 0 Å². The highest BCUT2D eigenvalue weighted by Crippen LogP contribution is 1.70. The summed E-state index contributed by atoms with van der Waals surface area (Å²) in [6.07, 6.45) is 0.799. The van der Waals surface area contributed by atoms with Gasteiger partial charge >= 0.3 is 12.0 Å². The van der Waals surface area contributed by atoms with Gasteiger partial charge in [0.25, 0.3) is 0 Å². The monoisotopic (exact) mass is 145 g/mol. The van der Waals surface area contributed by atoms with Gasteiger partial charge < -0.3 is 10.8 Å². The van der Waals surface area contributed by atoms with Crippen molar-refractivity contribution in [1.82, 2.24) is 5.43 Å². The van der Waals surface area contributed by atoms with Gasteiger partial charge in [0.2, 0.25) is 0 Å². The van der Waals surface area contributed by atoms with Crippen LogP contribution >= 0.6 is 0 Å². The summed E-state index contributed by atoms with van der Waals surface area (Å²) in [5, 5.41) is 11.2. The van der Waals surface area contributed by atoms with Crippen LogP contribution in [0.25, 0.3) is 0 Å². The van der Waals surface area contributed by atoms with Crippen LogP contribution in [0, 0.1) is 0 Å². The van der Waals surface area contributed by atoms with E-state index in [4.69, 9.17) is 5.11 Å². The molecule has 0 fully saturated rings. The molecule has 0 aromatic carbocycles. The number of nitrogens with zero attached hydrogens (tertiary/aromatic N) is 1. The first-order valence-electron chi connectivity index (χ1n) is 2.41. The molecule has 10 heavy (non-hydrogen) atoms. The topological polar surface area (TPSA) is 105 Å². The fourth-order valence-corrected chi connectivity index (χ4v) is 0.233. The van der Waals surface area contributed by atoms with Crippen LogP contribution in [0.15, 0.2) is 5.10 Å². The van der Waals surface area contributed by atoms with Gasteiger partial charge in [-0.2, -0.15) is 5.10 Å². The number of carbonyl (C=O) groups excluding carboxylic acids is 1. The number of hydrazone groups is 1. The van der Waals surface area contributed by atoms with Crippen LogP contribution in [-0.2, 0) is 4.79 Å². The van der Waals surface area contributed by atoms with Gasteiger partial charge in [0.15, 0.2) is 0 Å². The maximum absolute atomic E-state index is 9.89. The summed E-state index contributed by atoms with van der Waals surface area (Å²) in [6, 6.07) is -0.818. The van der Waals surface area contributed by atoms with Crippen molar-refractivity contribution in [2.75, 3.05) is 0 Å². The number of urea groups is 1. The highest BCUT2D eigenvalue weighted by molar-refractivity contribution is 5.85. The number of amides is 2. The lowest BCUT2D eigenvalue weighted by Gasteiger charge is -1.87. The van der Waals surface area contributed by atoms with Crippen molar-refractivity contribution in [1.29, 1.82) is 0 Å². The van der Waals surface area contributed by atoms with E-state index in [1.807, 2.05) is 5.43 Å². The summed E-state index contributed by atoms with van der Waals surface area (Å²) in [5.74, 6) is -1.02. The van der Waals surface area contributed by atoms with Gasteiger partial charge in [-0.3, -0.25) is 4.79 Å². The van der Waals surface area contributed by atoms with Crippen molar-refractivity contribution < 1.29 is 14.7 Å². The molecule has 2 amide bonds. The van der Waals surface area contributed by atoms with Gasteiger partial charge in [-0.25, -0.2) is 10.2 Å². The molecule has 4 N–H and O–H groups in total. The van der Waals surface area contributed by atoms with E-state index in [1.165, 1.54) is 0 Å². The highest BCUT2D eigenvalue weighted by atomic mass is 16.4. The third-order valence-electron chi connectivity index (χ3n) is 0.532. The quantitative estimate of drug-likeness (QED) is 0.354. The van der Waals surface area contributed by atoms with Crippen molar-refractivity contribution in [2.45, 2.75) is 6.42 Å². The molecule has 0 spiro atoms. The van der Waals surface area contributed by atoms with Crippen LogP contribution in [0.1, 0.15) is 6.42 Å². The molecular formula is C4H7N3O3. The molecule has 6 heteroatoms. The summed E-state index contributed by atoms with van der Waals surface area (Å²) in [7, 11) is 0. The van der Waals surface area contributed by atoms with Gasteiger partial charge in [-0.05, 0) is 0 Å². The molecule has 0 radical (unpaired) electrons. The molecule has 0 rings (SSSR count). The van der Waals surface area contributed by atoms with Crippen molar-refractivity contribution in [3.8, 4) is 0 Å². The molecule has 0 bridgehead atoms. The van der Waals surface area contributed by atoms with E-state index in [2.05, 4.69) is 10.8 Å². The molecule has 0 saturated carbocycles. The number of aliphatic carboxylic acids is 1. The first-order chi connectivity index (χ1) is 4.63. The Kier molecular flexibility index (Phi) is 3.62. The van der Waals surface area contributed by atoms with Gasteiger partial charge in [-0.1, -0.05) is 0 Å². The second-order valence-electron chi connectivity index (χ2n) is 1.39. The van der Waals surface area contributed by atoms with E-state index in [0.717, 1.165) is 6.21 Å². The molecule has 0 aromatic heterocycles. The third-order valence-corrected chi connectivity index (χ3v) is 0.532. The molecular weight excluding hydrogens is 138 g/mol. The van der Waals surface area contributed by atoms with Gasteiger partial charge in [0.05, 0.1) is 6.42 Å². The minimum atomic E-state index is -1.02. The molecule has 0 aliphatic rings. The molecule has 0 aliphatic carbocycles. The normalized spacial score (nSPS) is 9.60. The van der Waals surface area contributed by atoms with E-state index in [9.17, 15) is 9.59 Å². The first kappa shape index (κ1) is 8.41. The smallest absolute Gasteiger partial charge is 0.332 e. The minimum absolute atomic E-state index is 0.236. The predicted molar refractivity (Wildman–Crippen MR) is 33.5 cm³/mol. The molecule has 0 aromatic rings. The van der Waals surface area contributed by atoms with Crippen molar-refractivity contribution >= 4 is 18.2 Å². The number of carboxylic acid groups (broad SMARTS) is 1. The second-order valence-corrected chi connectivity index (χ2v) is 1.39. The fraction of sp³-hybridized carbons (Fsp3) is 0.250. The fourth-order valence-electron chi connectivity index (χ4n) is 0.233. The Morgan fingerprint density at radius 1 is 1.70 bits per heavy atom. The van der Waals surface area contributed by atoms with E-state index in [1.54, 1.807) is 0 Å². The Hall–Kier alpha value is -1.59. The summed E-state index contributed by atoms with van der Waals surface area (Å²) < 4.78 is 0. The number of nitrogens with two attached hydrogens (primary N) is 1. The van der Waals surface area contributed by atoms with Crippen molar-refractivity contribution in [2.24, 2.45) is 10.8 Å². The summed E-state index contributed by atoms with van der Waals surface area (Å²) >= 11 is 0. The van der Waals surface area contributed by atoms with Crippen LogP contribution in [0.2, 0.25) is 0 Å². The average molecular weight is 145 g/mol. The first-order valence-corrected chi connectivity index (χ1v) is 2.41. The molecule has 0 aliphatic heterocycles. The van der Waals surface area contributed by atoms with Crippen LogP contribution in [0.5, 0.6) is 0 Å². The van der Waals surface area contributed by atoms with Gasteiger partial charge in [0, 0.05) is 6.21 Å². The van der Waals surface area contributed by atoms with Gasteiger partial charge in [-0.15, -0.1) is 0 Å². The number of hydrogen-bond acceptors (Lipinski definition) is 3. The Labute approximate surface area is 56.7 Å². The maximum Gasteiger partial charge on any atom is 0.332 e. The average Bonchev–Trinajstić information content (AvgIpc) is 1.79. The molecule has 6 nitrogen and oxygen atoms in total. The number of rotatable bonds is 3. The Balaban J connectivity index is 3.38. The zero-order valence-electron chi connectivity index (χ0n) is 5.07. The molecule has 0 unspecified atom stereocenters. The SMILES string of the molecule is NC(=O)NN=CCC(=O)O. The summed E-state index contributed by atoms with van der Waals surface area (Å²) in [6.45, 7) is 0. The van der Waals surface area contributed by atoms with Crippen molar-refractivity contribution in [3.63, 3.8) is 0 Å². The number of primary amides is 1. The summed E-state index contributed by atoms with van der Waals surface area (Å²) in [4.78, 5) is 19.7. The van der Waals surface area contributed by atoms with E-state index < -0.39 is 12.0 Å². The lowest BCUT2D eigenvalue weighted by molar-refractivity contribution is -0.135. The predicted octanol–water partition coefficient (Wildman–Crippen LogP) is -0.885. The lowest BCUT2D eigenvalue weighted by atomic mass is 10.5. The molecule has 0 atom stereocenters. The Bertz CT molecular complexity index is 147. The Morgan fingerprint density at radius 3 is 2.70 bits per heavy atom. The highest BCUT2D eigenvalue weighted by Gasteiger charge is 1.89. The summed E-state index contributed by atoms with van der Waals surface area (Å²) in [5.41, 5.74) is 6.44. The standard InChI is InChI=1S/C4H7N3O3/c5-4(10)7-6-2-1-3(8)9/h2H,1H2,(H,8,9)(H3,5,7,10). The van der Waals surface area contributed by atoms with Crippen LogP contribution in [0.4, 0.5) is 4.79 Å². The molecule has 0 heterocycles. The zero-order chi connectivity index (χ0) is 7.98. The Morgan fingerprint density at radius 2 is 2.30 bits per heavy atom. The van der Waals surface area contributed by atoms with Crippen LogP contribution in [0.3, 0.4) is 0 Å². The zero-order valence-corrected chi connectivity index (χ0v) is 5.07. The maximum atomic E-state index is 9.89. The van der Waals surface area contributed by atoms with Crippen LogP contribution < -0.4 is 11.2 Å². The molecule has 0 saturated heterocycles. The van der Waals surface area contributed by atoms with E-state index >= 15 is 0 Å². The molecule has 56 valence electrons. The number of carboxylic acids is 1. The largest absolute Gasteiger partial charge is 0.481 e. The second kappa shape index (κ2) is 4.30. The third kappa shape index (κ3) is 6.41. The number of nitrogens with one attached hydrogen (secondary N) is 1. The van der Waals surface area contributed by atoms with E-state index in [-0.39, 0.29) is 6.42 Å². The number of carbonyl (C=O) groups is 2. The lowest BCUT2D eigenvalue weighted by Crippen LogP contribution is -2.24. The van der Waals surface area contributed by atoms with E-state index in [0.29, 0.717) is 0 Å². The van der Waals surface area contributed by atoms with Crippen LogP contribution in [-0.4, -0.2) is 23.3 Å². The van der Waals surface area contributed by atoms with Gasteiger partial charge in [0.1, 0.15) is 0 Å².